The summed E-state index contributed by atoms with van der Waals surface area (Å²) in [7, 11) is 0. The Balaban J connectivity index is 1.56. The number of likely N-dealkylation sites (tertiary alicyclic amines) is 1. The predicted octanol–water partition coefficient (Wildman–Crippen LogP) is 2.77. The number of carbonyl (C=O) groups is 1. The number of amides is 1. The van der Waals surface area contributed by atoms with E-state index in [9.17, 15) is 4.79 Å². The molecule has 1 fully saturated rings. The molecule has 5 nitrogen and oxygen atoms in total. The molecule has 0 spiro atoms. The van der Waals surface area contributed by atoms with Gasteiger partial charge in [0.25, 0.3) is 0 Å². The summed E-state index contributed by atoms with van der Waals surface area (Å²) >= 11 is 0. The fourth-order valence-electron chi connectivity index (χ4n) is 2.89. The summed E-state index contributed by atoms with van der Waals surface area (Å²) in [5.74, 6) is 0. The molecular formula is C19H31N3O2. The van der Waals surface area contributed by atoms with Gasteiger partial charge in [-0.05, 0) is 52.3 Å². The van der Waals surface area contributed by atoms with Gasteiger partial charge in [0.15, 0.2) is 0 Å². The Labute approximate surface area is 145 Å². The Hall–Kier alpha value is -1.59. The highest BCUT2D eigenvalue weighted by molar-refractivity contribution is 5.67. The minimum Gasteiger partial charge on any atom is -0.444 e. The molecule has 1 aliphatic heterocycles. The minimum atomic E-state index is -0.441. The van der Waals surface area contributed by atoms with Crippen molar-refractivity contribution in [2.75, 3.05) is 26.2 Å². The number of hydrogen-bond donors (Lipinski definition) is 2. The summed E-state index contributed by atoms with van der Waals surface area (Å²) in [5, 5.41) is 6.31. The van der Waals surface area contributed by atoms with E-state index in [-0.39, 0.29) is 6.09 Å². The molecule has 134 valence electrons. The topological polar surface area (TPSA) is 53.6 Å². The van der Waals surface area contributed by atoms with Gasteiger partial charge in [0.05, 0.1) is 0 Å². The smallest absolute Gasteiger partial charge is 0.407 e. The second-order valence-electron chi connectivity index (χ2n) is 7.42. The number of rotatable bonds is 6. The first-order valence-electron chi connectivity index (χ1n) is 8.89. The van der Waals surface area contributed by atoms with Crippen molar-refractivity contribution in [3.05, 3.63) is 35.9 Å². The number of carbonyl (C=O) groups excluding carboxylic acids is 1. The van der Waals surface area contributed by atoms with E-state index in [0.717, 1.165) is 39.0 Å². The second-order valence-corrected chi connectivity index (χ2v) is 7.42. The van der Waals surface area contributed by atoms with E-state index in [2.05, 4.69) is 45.9 Å². The highest BCUT2D eigenvalue weighted by Gasteiger charge is 2.19. The van der Waals surface area contributed by atoms with Crippen molar-refractivity contribution in [3.8, 4) is 0 Å². The standard InChI is InChI=1S/C19H31N3O2/c1-19(2,3)24-18(23)21-12-11-20-17-9-13-22(14-10-17)15-16-7-5-4-6-8-16/h4-8,17,20H,9-15H2,1-3H3,(H,21,23). The molecule has 1 aromatic carbocycles. The molecule has 1 aliphatic rings. The predicted molar refractivity (Wildman–Crippen MR) is 97.0 cm³/mol. The van der Waals surface area contributed by atoms with Crippen LogP contribution in [0.5, 0.6) is 0 Å². The summed E-state index contributed by atoms with van der Waals surface area (Å²) in [6, 6.07) is 11.2. The van der Waals surface area contributed by atoms with E-state index in [0.29, 0.717) is 12.6 Å². The highest BCUT2D eigenvalue weighted by atomic mass is 16.6. The van der Waals surface area contributed by atoms with Gasteiger partial charge in [-0.2, -0.15) is 0 Å². The molecule has 0 aliphatic carbocycles. The molecule has 1 heterocycles. The summed E-state index contributed by atoms with van der Waals surface area (Å²) in [6.45, 7) is 10.3. The summed E-state index contributed by atoms with van der Waals surface area (Å²) < 4.78 is 5.22. The van der Waals surface area contributed by atoms with E-state index in [1.165, 1.54) is 5.56 Å². The molecule has 24 heavy (non-hydrogen) atoms. The third kappa shape index (κ3) is 7.32. The third-order valence-electron chi connectivity index (χ3n) is 4.06. The number of piperidine rings is 1. The van der Waals surface area contributed by atoms with Crippen LogP contribution in [0, 0.1) is 0 Å². The zero-order valence-corrected chi connectivity index (χ0v) is 15.2. The number of nitrogens with zero attached hydrogens (tertiary/aromatic N) is 1. The van der Waals surface area contributed by atoms with E-state index < -0.39 is 5.60 Å². The van der Waals surface area contributed by atoms with Gasteiger partial charge >= 0.3 is 6.09 Å². The molecule has 5 heteroatoms. The number of ether oxygens (including phenoxy) is 1. The van der Waals surface area contributed by atoms with Gasteiger partial charge in [-0.15, -0.1) is 0 Å². The molecule has 0 saturated carbocycles. The molecule has 0 atom stereocenters. The molecule has 1 aromatic rings. The maximum absolute atomic E-state index is 11.6. The van der Waals surface area contributed by atoms with Crippen LogP contribution in [0.15, 0.2) is 30.3 Å². The monoisotopic (exact) mass is 333 g/mol. The summed E-state index contributed by atoms with van der Waals surface area (Å²) in [5.41, 5.74) is 0.939. The van der Waals surface area contributed by atoms with E-state index in [4.69, 9.17) is 4.74 Å². The zero-order chi connectivity index (χ0) is 17.4. The summed E-state index contributed by atoms with van der Waals surface area (Å²) in [6.07, 6.45) is 1.96. The minimum absolute atomic E-state index is 0.345. The number of hydrogen-bond acceptors (Lipinski definition) is 4. The number of nitrogens with one attached hydrogen (secondary N) is 2. The van der Waals surface area contributed by atoms with Crippen LogP contribution in [0.2, 0.25) is 0 Å². The van der Waals surface area contributed by atoms with Crippen molar-refractivity contribution >= 4 is 6.09 Å². The lowest BCUT2D eigenvalue weighted by Crippen LogP contribution is -2.44. The van der Waals surface area contributed by atoms with Gasteiger partial charge in [-0.25, -0.2) is 4.79 Å². The van der Waals surface area contributed by atoms with Gasteiger partial charge in [-0.3, -0.25) is 4.90 Å². The first-order valence-corrected chi connectivity index (χ1v) is 8.89. The fourth-order valence-corrected chi connectivity index (χ4v) is 2.89. The van der Waals surface area contributed by atoms with E-state index in [1.54, 1.807) is 0 Å². The van der Waals surface area contributed by atoms with Crippen LogP contribution in [0.3, 0.4) is 0 Å². The number of benzene rings is 1. The molecule has 0 aromatic heterocycles. The maximum atomic E-state index is 11.6. The van der Waals surface area contributed by atoms with Crippen molar-refractivity contribution < 1.29 is 9.53 Å². The van der Waals surface area contributed by atoms with E-state index >= 15 is 0 Å². The van der Waals surface area contributed by atoms with Crippen LogP contribution in [0.1, 0.15) is 39.2 Å². The Morgan fingerprint density at radius 1 is 1.17 bits per heavy atom. The molecule has 2 N–H and O–H groups in total. The van der Waals surface area contributed by atoms with Crippen LogP contribution in [-0.4, -0.2) is 48.8 Å². The molecule has 1 saturated heterocycles. The van der Waals surface area contributed by atoms with Crippen molar-refractivity contribution in [1.29, 1.82) is 0 Å². The Morgan fingerprint density at radius 3 is 2.46 bits per heavy atom. The van der Waals surface area contributed by atoms with Gasteiger partial charge in [-0.1, -0.05) is 30.3 Å². The van der Waals surface area contributed by atoms with Gasteiger partial charge in [0.2, 0.25) is 0 Å². The van der Waals surface area contributed by atoms with Crippen molar-refractivity contribution in [1.82, 2.24) is 15.5 Å². The fraction of sp³-hybridized carbons (Fsp3) is 0.632. The molecular weight excluding hydrogens is 302 g/mol. The van der Waals surface area contributed by atoms with Crippen LogP contribution in [0.25, 0.3) is 0 Å². The molecule has 1 amide bonds. The van der Waals surface area contributed by atoms with Gasteiger partial charge < -0.3 is 15.4 Å². The average Bonchev–Trinajstić information content (AvgIpc) is 2.52. The quantitative estimate of drug-likeness (QED) is 0.786. The largest absolute Gasteiger partial charge is 0.444 e. The Kier molecular flexibility index (Phi) is 7.06. The lowest BCUT2D eigenvalue weighted by Gasteiger charge is -2.32. The Bertz CT molecular complexity index is 491. The second kappa shape index (κ2) is 9.04. The first-order chi connectivity index (χ1) is 11.4. The summed E-state index contributed by atoms with van der Waals surface area (Å²) in [4.78, 5) is 14.1. The zero-order valence-electron chi connectivity index (χ0n) is 15.2. The van der Waals surface area contributed by atoms with Gasteiger partial charge in [0.1, 0.15) is 5.60 Å². The van der Waals surface area contributed by atoms with Crippen LogP contribution < -0.4 is 10.6 Å². The first kappa shape index (κ1) is 18.7. The lowest BCUT2D eigenvalue weighted by atomic mass is 10.0. The molecule has 2 rings (SSSR count). The van der Waals surface area contributed by atoms with Crippen molar-refractivity contribution in [3.63, 3.8) is 0 Å². The van der Waals surface area contributed by atoms with Crippen LogP contribution in [0.4, 0.5) is 4.79 Å². The third-order valence-corrected chi connectivity index (χ3v) is 4.06. The Morgan fingerprint density at radius 2 is 1.83 bits per heavy atom. The normalized spacial score (nSPS) is 16.8. The molecule has 0 radical (unpaired) electrons. The van der Waals surface area contributed by atoms with Crippen LogP contribution in [-0.2, 0) is 11.3 Å². The highest BCUT2D eigenvalue weighted by Crippen LogP contribution is 2.13. The molecule has 0 bridgehead atoms. The van der Waals surface area contributed by atoms with E-state index in [1.807, 2.05) is 20.8 Å². The van der Waals surface area contributed by atoms with Crippen LogP contribution >= 0.6 is 0 Å². The molecule has 0 unspecified atom stereocenters. The number of alkyl carbamates (subject to hydrolysis) is 1. The lowest BCUT2D eigenvalue weighted by molar-refractivity contribution is 0.0527. The average molecular weight is 333 g/mol. The van der Waals surface area contributed by atoms with Crippen molar-refractivity contribution in [2.24, 2.45) is 0 Å². The van der Waals surface area contributed by atoms with Gasteiger partial charge in [0, 0.05) is 25.7 Å². The maximum Gasteiger partial charge on any atom is 0.407 e. The van der Waals surface area contributed by atoms with Crippen molar-refractivity contribution in [2.45, 2.75) is 51.8 Å². The SMILES string of the molecule is CC(C)(C)OC(=O)NCCNC1CCN(Cc2ccccc2)CC1.